The number of hydrogen-bond acceptors (Lipinski definition) is 4. The van der Waals surface area contributed by atoms with Gasteiger partial charge in [0.15, 0.2) is 17.5 Å². The number of hydrogen-bond donors (Lipinski definition) is 3. The molecular weight excluding hydrogens is 507 g/mol. The van der Waals surface area contributed by atoms with Gasteiger partial charge in [0.1, 0.15) is 0 Å². The van der Waals surface area contributed by atoms with E-state index in [2.05, 4.69) is 47.8 Å². The third-order valence-corrected chi connectivity index (χ3v) is 4.78. The van der Waals surface area contributed by atoms with Crippen molar-refractivity contribution in [3.8, 4) is 11.5 Å². The minimum Gasteiger partial charge on any atom is -0.490 e. The number of nitrogens with one attached hydrogen (secondary N) is 3. The molecule has 1 aliphatic carbocycles. The molecule has 1 aromatic carbocycles. The molecule has 1 fully saturated rings. The Bertz CT molecular complexity index is 695. The molecule has 0 bridgehead atoms. The number of amides is 1. The summed E-state index contributed by atoms with van der Waals surface area (Å²) in [7, 11) is 1.75. The highest BCUT2D eigenvalue weighted by Crippen LogP contribution is 2.31. The van der Waals surface area contributed by atoms with Gasteiger partial charge in [-0.05, 0) is 56.7 Å². The molecule has 31 heavy (non-hydrogen) atoms. The summed E-state index contributed by atoms with van der Waals surface area (Å²) in [4.78, 5) is 16.1. The van der Waals surface area contributed by atoms with E-state index in [4.69, 9.17) is 9.47 Å². The van der Waals surface area contributed by atoms with Crippen molar-refractivity contribution >= 4 is 35.8 Å². The van der Waals surface area contributed by atoms with E-state index >= 15 is 0 Å². The molecule has 0 radical (unpaired) electrons. The normalized spacial score (nSPS) is 14.3. The van der Waals surface area contributed by atoms with E-state index < -0.39 is 0 Å². The molecule has 176 valence electrons. The van der Waals surface area contributed by atoms with Crippen molar-refractivity contribution in [1.82, 2.24) is 16.0 Å². The molecule has 8 heteroatoms. The minimum atomic E-state index is 0. The Morgan fingerprint density at radius 2 is 1.84 bits per heavy atom. The summed E-state index contributed by atoms with van der Waals surface area (Å²) in [6.45, 7) is 8.29. The number of nitrogens with zero attached hydrogens (tertiary/aromatic N) is 1. The minimum absolute atomic E-state index is 0. The Morgan fingerprint density at radius 1 is 1.16 bits per heavy atom. The van der Waals surface area contributed by atoms with Gasteiger partial charge in [0.05, 0.1) is 19.3 Å². The van der Waals surface area contributed by atoms with E-state index in [1.54, 1.807) is 7.05 Å². The van der Waals surface area contributed by atoms with Crippen molar-refractivity contribution < 1.29 is 14.3 Å². The second-order valence-corrected chi connectivity index (χ2v) is 7.71. The highest BCUT2D eigenvalue weighted by molar-refractivity contribution is 14.0. The van der Waals surface area contributed by atoms with Gasteiger partial charge in [-0.3, -0.25) is 9.79 Å². The first-order chi connectivity index (χ1) is 14.6. The van der Waals surface area contributed by atoms with Gasteiger partial charge in [0, 0.05) is 26.1 Å². The molecule has 1 aliphatic rings. The molecule has 0 aromatic heterocycles. The van der Waals surface area contributed by atoms with Crippen molar-refractivity contribution in [2.75, 3.05) is 26.8 Å². The van der Waals surface area contributed by atoms with Crippen LogP contribution in [-0.2, 0) is 4.79 Å². The van der Waals surface area contributed by atoms with Crippen LogP contribution in [-0.4, -0.2) is 44.7 Å². The monoisotopic (exact) mass is 546 g/mol. The smallest absolute Gasteiger partial charge is 0.220 e. The number of benzene rings is 1. The fourth-order valence-electron chi connectivity index (χ4n) is 2.92. The Balaban J connectivity index is 0.00000480. The quantitative estimate of drug-likeness (QED) is 0.150. The van der Waals surface area contributed by atoms with E-state index in [1.807, 2.05) is 12.1 Å². The molecule has 1 atom stereocenters. The van der Waals surface area contributed by atoms with Gasteiger partial charge in [-0.2, -0.15) is 0 Å². The number of aliphatic imine (C=N–C) groups is 1. The number of ether oxygens (including phenoxy) is 2. The summed E-state index contributed by atoms with van der Waals surface area (Å²) in [5.74, 6) is 2.42. The van der Waals surface area contributed by atoms with Crippen LogP contribution in [0.4, 0.5) is 0 Å². The van der Waals surface area contributed by atoms with Crippen molar-refractivity contribution in [2.24, 2.45) is 4.99 Å². The second kappa shape index (κ2) is 15.2. The number of carbonyl (C=O) groups is 1. The molecule has 7 nitrogen and oxygen atoms in total. The third-order valence-electron chi connectivity index (χ3n) is 4.78. The first-order valence-electron chi connectivity index (χ1n) is 11.2. The van der Waals surface area contributed by atoms with Gasteiger partial charge >= 0.3 is 0 Å². The molecule has 2 rings (SSSR count). The second-order valence-electron chi connectivity index (χ2n) is 7.71. The van der Waals surface area contributed by atoms with Crippen molar-refractivity contribution in [3.63, 3.8) is 0 Å². The average molecular weight is 546 g/mol. The van der Waals surface area contributed by atoms with Crippen LogP contribution in [0, 0.1) is 0 Å². The van der Waals surface area contributed by atoms with E-state index in [-0.39, 0.29) is 35.9 Å². The summed E-state index contributed by atoms with van der Waals surface area (Å²) in [5, 5.41) is 9.70. The van der Waals surface area contributed by atoms with Gasteiger partial charge in [0.25, 0.3) is 0 Å². The summed E-state index contributed by atoms with van der Waals surface area (Å²) in [5.41, 5.74) is 1.09. The van der Waals surface area contributed by atoms with Crippen LogP contribution in [0.1, 0.15) is 70.9 Å². The maximum absolute atomic E-state index is 11.8. The van der Waals surface area contributed by atoms with Crippen LogP contribution in [0.3, 0.4) is 0 Å². The molecule has 0 saturated heterocycles. The van der Waals surface area contributed by atoms with Crippen LogP contribution in [0.15, 0.2) is 23.2 Å². The Labute approximate surface area is 204 Å². The number of guanidine groups is 1. The Morgan fingerprint density at radius 3 is 2.45 bits per heavy atom. The van der Waals surface area contributed by atoms with Crippen LogP contribution < -0.4 is 25.4 Å². The standard InChI is InChI=1S/C23H38N4O3.HI/c1-5-14-29-20-12-9-18(16-21(20)30-15-6-2)17(3)26-23(24-4)25-13-7-8-22(28)27-19-10-11-19;/h9,12,16-17,19H,5-8,10-11,13-15H2,1-4H3,(H,27,28)(H2,24,25,26);1H. The van der Waals surface area contributed by atoms with Gasteiger partial charge in [-0.15, -0.1) is 24.0 Å². The topological polar surface area (TPSA) is 84.0 Å². The van der Waals surface area contributed by atoms with Gasteiger partial charge in [-0.1, -0.05) is 19.9 Å². The predicted octanol–water partition coefficient (Wildman–Crippen LogP) is 4.17. The number of carbonyl (C=O) groups excluding carboxylic acids is 1. The van der Waals surface area contributed by atoms with Gasteiger partial charge < -0.3 is 25.4 Å². The molecular formula is C23H39IN4O3. The molecule has 1 unspecified atom stereocenters. The molecule has 0 aliphatic heterocycles. The maximum atomic E-state index is 11.8. The average Bonchev–Trinajstić information content (AvgIpc) is 3.56. The van der Waals surface area contributed by atoms with E-state index in [1.165, 1.54) is 0 Å². The third kappa shape index (κ3) is 10.4. The molecule has 0 heterocycles. The molecule has 1 saturated carbocycles. The fraction of sp³-hybridized carbons (Fsp3) is 0.652. The lowest BCUT2D eigenvalue weighted by Crippen LogP contribution is -2.39. The number of rotatable bonds is 13. The Kier molecular flexibility index (Phi) is 13.4. The molecule has 1 amide bonds. The summed E-state index contributed by atoms with van der Waals surface area (Å²) >= 11 is 0. The lowest BCUT2D eigenvalue weighted by molar-refractivity contribution is -0.121. The molecule has 1 aromatic rings. The fourth-order valence-corrected chi connectivity index (χ4v) is 2.92. The van der Waals surface area contributed by atoms with E-state index in [0.717, 1.165) is 49.2 Å². The highest BCUT2D eigenvalue weighted by Gasteiger charge is 2.22. The summed E-state index contributed by atoms with van der Waals surface area (Å²) in [6, 6.07) is 6.53. The van der Waals surface area contributed by atoms with Crippen LogP contribution in [0.5, 0.6) is 11.5 Å². The Hall–Kier alpha value is -1.71. The highest BCUT2D eigenvalue weighted by atomic mass is 127. The van der Waals surface area contributed by atoms with Crippen molar-refractivity contribution in [1.29, 1.82) is 0 Å². The number of halogens is 1. The molecule has 0 spiro atoms. The predicted molar refractivity (Wildman–Crippen MR) is 137 cm³/mol. The lowest BCUT2D eigenvalue weighted by atomic mass is 10.1. The van der Waals surface area contributed by atoms with Crippen LogP contribution in [0.25, 0.3) is 0 Å². The SMILES string of the molecule is CCCOc1ccc(C(C)NC(=NC)NCCCC(=O)NC2CC2)cc1OCCC.I. The maximum Gasteiger partial charge on any atom is 0.220 e. The zero-order chi connectivity index (χ0) is 21.8. The lowest BCUT2D eigenvalue weighted by Gasteiger charge is -2.20. The summed E-state index contributed by atoms with van der Waals surface area (Å²) in [6.07, 6.45) is 5.45. The molecule has 3 N–H and O–H groups in total. The first-order valence-corrected chi connectivity index (χ1v) is 11.2. The van der Waals surface area contributed by atoms with Crippen molar-refractivity contribution in [2.45, 2.75) is 71.4 Å². The van der Waals surface area contributed by atoms with Gasteiger partial charge in [-0.25, -0.2) is 0 Å². The summed E-state index contributed by atoms with van der Waals surface area (Å²) < 4.78 is 11.7. The van der Waals surface area contributed by atoms with Crippen LogP contribution in [0.2, 0.25) is 0 Å². The largest absolute Gasteiger partial charge is 0.490 e. The van der Waals surface area contributed by atoms with Crippen LogP contribution >= 0.6 is 24.0 Å². The zero-order valence-corrected chi connectivity index (χ0v) is 21.7. The van der Waals surface area contributed by atoms with Crippen molar-refractivity contribution in [3.05, 3.63) is 23.8 Å². The van der Waals surface area contributed by atoms with E-state index in [9.17, 15) is 4.79 Å². The van der Waals surface area contributed by atoms with E-state index in [0.29, 0.717) is 38.2 Å². The first kappa shape index (κ1) is 27.3. The van der Waals surface area contributed by atoms with Gasteiger partial charge in [0.2, 0.25) is 5.91 Å². The zero-order valence-electron chi connectivity index (χ0n) is 19.3.